The van der Waals surface area contributed by atoms with Crippen LogP contribution in [0, 0.1) is 13.8 Å². The number of hydrogen-bond donors (Lipinski definition) is 3. The van der Waals surface area contributed by atoms with Crippen LogP contribution in [-0.4, -0.2) is 25.1 Å². The lowest BCUT2D eigenvalue weighted by atomic mass is 9.94. The Labute approximate surface area is 171 Å². The summed E-state index contributed by atoms with van der Waals surface area (Å²) in [5.41, 5.74) is 6.42. The number of nitrogens with one attached hydrogen (secondary N) is 3. The third-order valence-electron chi connectivity index (χ3n) is 4.90. The normalized spacial score (nSPS) is 16.3. The molecule has 1 atom stereocenters. The highest BCUT2D eigenvalue weighted by atomic mass is 32.1. The fourth-order valence-electron chi connectivity index (χ4n) is 3.27. The van der Waals surface area contributed by atoms with Gasteiger partial charge < -0.3 is 20.9 Å². The van der Waals surface area contributed by atoms with E-state index in [0.717, 1.165) is 33.8 Å². The van der Waals surface area contributed by atoms with Crippen LogP contribution in [0.15, 0.2) is 53.7 Å². The number of rotatable bonds is 4. The first-order chi connectivity index (χ1) is 13.3. The van der Waals surface area contributed by atoms with Gasteiger partial charge in [0.2, 0.25) is 0 Å². The van der Waals surface area contributed by atoms with Crippen molar-refractivity contribution in [2.24, 2.45) is 0 Å². The average molecular weight is 395 g/mol. The van der Waals surface area contributed by atoms with Crippen molar-refractivity contribution in [1.29, 1.82) is 0 Å². The SMILES string of the molecule is CC1=C(C(=O)Nc2cc(C)ccc2C)[C@H](c2ccc(N(C)C)cc2)NC(=S)N1. The summed E-state index contributed by atoms with van der Waals surface area (Å²) >= 11 is 5.34. The zero-order valence-electron chi connectivity index (χ0n) is 16.9. The number of benzene rings is 2. The second kappa shape index (κ2) is 8.02. The van der Waals surface area contributed by atoms with Crippen LogP contribution in [0.1, 0.15) is 29.7 Å². The molecular weight excluding hydrogens is 368 g/mol. The average Bonchev–Trinajstić information content (AvgIpc) is 2.64. The highest BCUT2D eigenvalue weighted by molar-refractivity contribution is 7.80. The molecule has 1 aliphatic rings. The van der Waals surface area contributed by atoms with Gasteiger partial charge in [0.05, 0.1) is 11.6 Å². The molecule has 3 N–H and O–H groups in total. The fraction of sp³-hybridized carbons (Fsp3) is 0.273. The number of amides is 1. The van der Waals surface area contributed by atoms with Crippen molar-refractivity contribution in [1.82, 2.24) is 10.6 Å². The summed E-state index contributed by atoms with van der Waals surface area (Å²) in [6.07, 6.45) is 0. The third kappa shape index (κ3) is 4.17. The Morgan fingerprint density at radius 1 is 1.07 bits per heavy atom. The Hall–Kier alpha value is -2.86. The van der Waals surface area contributed by atoms with E-state index >= 15 is 0 Å². The molecule has 0 saturated carbocycles. The van der Waals surface area contributed by atoms with Gasteiger partial charge in [0.1, 0.15) is 0 Å². The van der Waals surface area contributed by atoms with Crippen molar-refractivity contribution in [3.8, 4) is 0 Å². The van der Waals surface area contributed by atoms with Gasteiger partial charge in [-0.25, -0.2) is 0 Å². The number of allylic oxidation sites excluding steroid dienone is 1. The molecule has 1 heterocycles. The maximum absolute atomic E-state index is 13.2. The summed E-state index contributed by atoms with van der Waals surface area (Å²) in [6.45, 7) is 5.88. The van der Waals surface area contributed by atoms with Crippen LogP contribution in [0.3, 0.4) is 0 Å². The molecule has 2 aromatic rings. The molecule has 1 amide bonds. The van der Waals surface area contributed by atoms with Crippen LogP contribution in [0.4, 0.5) is 11.4 Å². The van der Waals surface area contributed by atoms with Gasteiger partial charge in [0, 0.05) is 31.2 Å². The summed E-state index contributed by atoms with van der Waals surface area (Å²) in [6, 6.07) is 13.9. The Bertz CT molecular complexity index is 948. The highest BCUT2D eigenvalue weighted by Crippen LogP contribution is 2.29. The van der Waals surface area contributed by atoms with E-state index in [1.807, 2.05) is 82.2 Å². The Morgan fingerprint density at radius 3 is 2.39 bits per heavy atom. The maximum atomic E-state index is 13.2. The standard InChI is InChI=1S/C22H26N4OS/c1-13-6-7-14(2)18(12-13)24-21(27)19-15(3)23-22(28)25-20(19)16-8-10-17(11-9-16)26(4)5/h6-12,20H,1-5H3,(H,24,27)(H2,23,25,28)/t20-/m0/s1. The predicted octanol–water partition coefficient (Wildman–Crippen LogP) is 3.80. The van der Waals surface area contributed by atoms with Crippen LogP contribution < -0.4 is 20.9 Å². The van der Waals surface area contributed by atoms with E-state index in [-0.39, 0.29) is 11.9 Å². The summed E-state index contributed by atoms with van der Waals surface area (Å²) < 4.78 is 0. The van der Waals surface area contributed by atoms with Crippen molar-refractivity contribution in [2.75, 3.05) is 24.3 Å². The monoisotopic (exact) mass is 394 g/mol. The van der Waals surface area contributed by atoms with E-state index in [0.29, 0.717) is 10.7 Å². The zero-order valence-corrected chi connectivity index (χ0v) is 17.7. The summed E-state index contributed by atoms with van der Waals surface area (Å²) in [4.78, 5) is 15.2. The first-order valence-corrected chi connectivity index (χ1v) is 9.61. The first kappa shape index (κ1) is 19.9. The van der Waals surface area contributed by atoms with Crippen molar-refractivity contribution in [3.63, 3.8) is 0 Å². The van der Waals surface area contributed by atoms with Crippen molar-refractivity contribution in [3.05, 3.63) is 70.4 Å². The molecule has 0 bridgehead atoms. The molecule has 0 unspecified atom stereocenters. The number of carbonyl (C=O) groups excluding carboxylic acids is 1. The molecule has 5 nitrogen and oxygen atoms in total. The number of aryl methyl sites for hydroxylation is 2. The molecule has 3 rings (SSSR count). The van der Waals surface area contributed by atoms with E-state index in [2.05, 4.69) is 16.0 Å². The molecule has 6 heteroatoms. The Kier molecular flexibility index (Phi) is 5.70. The summed E-state index contributed by atoms with van der Waals surface area (Å²) in [7, 11) is 4.00. The lowest BCUT2D eigenvalue weighted by Gasteiger charge is -2.30. The van der Waals surface area contributed by atoms with E-state index in [1.54, 1.807) is 0 Å². The van der Waals surface area contributed by atoms with Gasteiger partial charge in [-0.15, -0.1) is 0 Å². The van der Waals surface area contributed by atoms with Gasteiger partial charge in [-0.05, 0) is 67.9 Å². The van der Waals surface area contributed by atoms with E-state index in [4.69, 9.17) is 12.2 Å². The topological polar surface area (TPSA) is 56.4 Å². The van der Waals surface area contributed by atoms with Gasteiger partial charge in [-0.1, -0.05) is 24.3 Å². The van der Waals surface area contributed by atoms with Crippen LogP contribution in [0.25, 0.3) is 0 Å². The molecule has 146 valence electrons. The molecule has 1 aliphatic heterocycles. The van der Waals surface area contributed by atoms with Crippen LogP contribution in [0.2, 0.25) is 0 Å². The molecular formula is C22H26N4OS. The Balaban J connectivity index is 1.95. The Morgan fingerprint density at radius 2 is 1.75 bits per heavy atom. The molecule has 2 aromatic carbocycles. The highest BCUT2D eigenvalue weighted by Gasteiger charge is 2.30. The summed E-state index contributed by atoms with van der Waals surface area (Å²) in [5.74, 6) is -0.143. The van der Waals surface area contributed by atoms with E-state index < -0.39 is 0 Å². The van der Waals surface area contributed by atoms with Gasteiger partial charge in [-0.3, -0.25) is 4.79 Å². The maximum Gasteiger partial charge on any atom is 0.255 e. The lowest BCUT2D eigenvalue weighted by Crippen LogP contribution is -2.45. The van der Waals surface area contributed by atoms with Gasteiger partial charge >= 0.3 is 0 Å². The van der Waals surface area contributed by atoms with E-state index in [9.17, 15) is 4.79 Å². The van der Waals surface area contributed by atoms with E-state index in [1.165, 1.54) is 0 Å². The van der Waals surface area contributed by atoms with Crippen molar-refractivity contribution >= 4 is 34.6 Å². The lowest BCUT2D eigenvalue weighted by molar-refractivity contribution is -0.113. The minimum absolute atomic E-state index is 0.143. The first-order valence-electron chi connectivity index (χ1n) is 9.20. The second-order valence-corrected chi connectivity index (χ2v) is 7.74. The van der Waals surface area contributed by atoms with Crippen LogP contribution in [0.5, 0.6) is 0 Å². The minimum atomic E-state index is -0.310. The fourth-order valence-corrected chi connectivity index (χ4v) is 3.54. The predicted molar refractivity (Wildman–Crippen MR) is 120 cm³/mol. The molecule has 0 fully saturated rings. The zero-order chi connectivity index (χ0) is 20.4. The molecule has 0 aromatic heterocycles. The minimum Gasteiger partial charge on any atom is -0.378 e. The number of hydrogen-bond acceptors (Lipinski definition) is 3. The molecule has 0 aliphatic carbocycles. The molecule has 0 saturated heterocycles. The number of thiocarbonyl (C=S) groups is 1. The largest absolute Gasteiger partial charge is 0.378 e. The molecule has 28 heavy (non-hydrogen) atoms. The second-order valence-electron chi connectivity index (χ2n) is 7.33. The number of nitrogens with zero attached hydrogens (tertiary/aromatic N) is 1. The number of carbonyl (C=O) groups is 1. The summed E-state index contributed by atoms with van der Waals surface area (Å²) in [5, 5.41) is 9.91. The van der Waals surface area contributed by atoms with Crippen molar-refractivity contribution in [2.45, 2.75) is 26.8 Å². The van der Waals surface area contributed by atoms with Crippen LogP contribution in [-0.2, 0) is 4.79 Å². The van der Waals surface area contributed by atoms with Crippen LogP contribution >= 0.6 is 12.2 Å². The van der Waals surface area contributed by atoms with Gasteiger partial charge in [0.25, 0.3) is 5.91 Å². The smallest absolute Gasteiger partial charge is 0.255 e. The third-order valence-corrected chi connectivity index (χ3v) is 5.12. The molecule has 0 spiro atoms. The number of anilines is 2. The van der Waals surface area contributed by atoms with Gasteiger partial charge in [0.15, 0.2) is 5.11 Å². The quantitative estimate of drug-likeness (QED) is 0.689. The van der Waals surface area contributed by atoms with Gasteiger partial charge in [-0.2, -0.15) is 0 Å². The van der Waals surface area contributed by atoms with Crippen molar-refractivity contribution < 1.29 is 4.79 Å². The molecule has 0 radical (unpaired) electrons.